The van der Waals surface area contributed by atoms with Crippen LogP contribution in [0.3, 0.4) is 0 Å². The van der Waals surface area contributed by atoms with Crippen LogP contribution < -0.4 is 10.1 Å². The lowest BCUT2D eigenvalue weighted by molar-refractivity contribution is -0.130. The van der Waals surface area contributed by atoms with Crippen LogP contribution in [0.1, 0.15) is 34.2 Å². The molecule has 1 N–H and O–H groups in total. The third-order valence-electron chi connectivity index (χ3n) is 5.28. The minimum atomic E-state index is -0.292. The molecule has 1 aromatic carbocycles. The molecule has 1 fully saturated rings. The van der Waals surface area contributed by atoms with Crippen molar-refractivity contribution in [3.8, 4) is 5.75 Å². The summed E-state index contributed by atoms with van der Waals surface area (Å²) >= 11 is 0. The number of nitrogens with one attached hydrogen (secondary N) is 1. The molecule has 1 aromatic heterocycles. The van der Waals surface area contributed by atoms with Crippen LogP contribution in [0.4, 0.5) is 0 Å². The summed E-state index contributed by atoms with van der Waals surface area (Å²) in [6.07, 6.45) is 4.21. The largest absolute Gasteiger partial charge is 0.483 e. The van der Waals surface area contributed by atoms with Gasteiger partial charge in [-0.1, -0.05) is 6.07 Å². The minimum Gasteiger partial charge on any atom is -0.483 e. The van der Waals surface area contributed by atoms with E-state index in [1.54, 1.807) is 24.5 Å². The fourth-order valence-corrected chi connectivity index (χ4v) is 3.76. The number of amides is 2. The van der Waals surface area contributed by atoms with Gasteiger partial charge in [0.05, 0.1) is 11.6 Å². The highest BCUT2D eigenvalue weighted by atomic mass is 16.5. The van der Waals surface area contributed by atoms with Crippen LogP contribution in [0.25, 0.3) is 0 Å². The number of aromatic nitrogens is 2. The number of rotatable bonds is 5. The summed E-state index contributed by atoms with van der Waals surface area (Å²) in [5.74, 6) is 0.705. The lowest BCUT2D eigenvalue weighted by Gasteiger charge is -2.33. The number of hydrogen-bond donors (Lipinski definition) is 1. The minimum absolute atomic E-state index is 0.0925. The Kier molecular flexibility index (Phi) is 5.82. The predicted molar refractivity (Wildman–Crippen MR) is 107 cm³/mol. The van der Waals surface area contributed by atoms with E-state index >= 15 is 0 Å². The van der Waals surface area contributed by atoms with Gasteiger partial charge in [0, 0.05) is 38.6 Å². The SMILES string of the molecule is Cc1ccc2c(c1)OCC(=O)N(CCCN1CCNC(c3ncccn3)C1)C2=O. The van der Waals surface area contributed by atoms with Crippen molar-refractivity contribution >= 4 is 11.8 Å². The Hall–Kier alpha value is -2.84. The van der Waals surface area contributed by atoms with E-state index in [9.17, 15) is 9.59 Å². The number of imide groups is 1. The maximum Gasteiger partial charge on any atom is 0.267 e. The number of hydrogen-bond acceptors (Lipinski definition) is 7. The normalized spacial score (nSPS) is 20.2. The average molecular weight is 395 g/mol. The molecule has 1 unspecified atom stereocenters. The highest BCUT2D eigenvalue weighted by Gasteiger charge is 2.29. The molecular weight excluding hydrogens is 370 g/mol. The van der Waals surface area contributed by atoms with E-state index in [-0.39, 0.29) is 24.5 Å². The lowest BCUT2D eigenvalue weighted by Crippen LogP contribution is -2.47. The summed E-state index contributed by atoms with van der Waals surface area (Å²) in [5.41, 5.74) is 1.44. The molecule has 0 bridgehead atoms. The Balaban J connectivity index is 1.35. The van der Waals surface area contributed by atoms with Gasteiger partial charge in [-0.2, -0.15) is 0 Å². The van der Waals surface area contributed by atoms with Crippen molar-refractivity contribution in [1.82, 2.24) is 25.1 Å². The van der Waals surface area contributed by atoms with Crippen molar-refractivity contribution < 1.29 is 14.3 Å². The van der Waals surface area contributed by atoms with Gasteiger partial charge in [-0.15, -0.1) is 0 Å². The van der Waals surface area contributed by atoms with Gasteiger partial charge < -0.3 is 10.1 Å². The number of carbonyl (C=O) groups excluding carboxylic acids is 2. The van der Waals surface area contributed by atoms with Crippen LogP contribution in [0.5, 0.6) is 5.75 Å². The Morgan fingerprint density at radius 3 is 2.86 bits per heavy atom. The van der Waals surface area contributed by atoms with Gasteiger partial charge in [0.2, 0.25) is 0 Å². The number of piperazine rings is 1. The van der Waals surface area contributed by atoms with Gasteiger partial charge in [0.1, 0.15) is 11.6 Å². The van der Waals surface area contributed by atoms with E-state index < -0.39 is 0 Å². The molecule has 8 heteroatoms. The summed E-state index contributed by atoms with van der Waals surface area (Å²) < 4.78 is 5.56. The third-order valence-corrected chi connectivity index (χ3v) is 5.28. The number of ether oxygens (including phenoxy) is 1. The first-order valence-corrected chi connectivity index (χ1v) is 9.92. The predicted octanol–water partition coefficient (Wildman–Crippen LogP) is 1.18. The first kappa shape index (κ1) is 19.5. The van der Waals surface area contributed by atoms with Gasteiger partial charge >= 0.3 is 0 Å². The standard InChI is InChI=1S/C21H25N5O3/c1-15-4-5-16-18(12-15)29-14-19(27)26(21(16)28)10-3-9-25-11-8-22-17(13-25)20-23-6-2-7-24-20/h2,4-7,12,17,22H,3,8-11,13-14H2,1H3. The van der Waals surface area contributed by atoms with Crippen LogP contribution in [-0.4, -0.2) is 70.9 Å². The number of carbonyl (C=O) groups is 2. The maximum atomic E-state index is 12.9. The summed E-state index contributed by atoms with van der Waals surface area (Å²) in [5, 5.41) is 3.44. The Morgan fingerprint density at radius 2 is 2.03 bits per heavy atom. The van der Waals surface area contributed by atoms with Crippen LogP contribution in [0.2, 0.25) is 0 Å². The smallest absolute Gasteiger partial charge is 0.267 e. The molecule has 2 aromatic rings. The van der Waals surface area contributed by atoms with E-state index in [2.05, 4.69) is 20.2 Å². The van der Waals surface area contributed by atoms with Crippen LogP contribution in [0, 0.1) is 6.92 Å². The second kappa shape index (κ2) is 8.67. The molecule has 29 heavy (non-hydrogen) atoms. The fraction of sp³-hybridized carbons (Fsp3) is 0.429. The molecule has 0 saturated carbocycles. The zero-order valence-corrected chi connectivity index (χ0v) is 16.5. The molecule has 1 atom stereocenters. The van der Waals surface area contributed by atoms with Gasteiger partial charge in [0.15, 0.2) is 6.61 Å². The zero-order valence-electron chi connectivity index (χ0n) is 16.5. The number of aryl methyl sites for hydroxylation is 1. The van der Waals surface area contributed by atoms with E-state index in [4.69, 9.17) is 4.74 Å². The monoisotopic (exact) mass is 395 g/mol. The second-order valence-electron chi connectivity index (χ2n) is 7.41. The first-order chi connectivity index (χ1) is 14.1. The van der Waals surface area contributed by atoms with Gasteiger partial charge in [-0.25, -0.2) is 9.97 Å². The van der Waals surface area contributed by atoms with Crippen molar-refractivity contribution in [2.24, 2.45) is 0 Å². The number of nitrogens with zero attached hydrogens (tertiary/aromatic N) is 4. The molecule has 0 aliphatic carbocycles. The molecule has 0 spiro atoms. The zero-order chi connectivity index (χ0) is 20.2. The summed E-state index contributed by atoms with van der Waals surface area (Å²) in [6, 6.07) is 7.30. The molecule has 2 aliphatic rings. The topological polar surface area (TPSA) is 87.7 Å². The van der Waals surface area contributed by atoms with Crippen LogP contribution >= 0.6 is 0 Å². The van der Waals surface area contributed by atoms with Crippen molar-refractivity contribution in [3.05, 3.63) is 53.6 Å². The number of fused-ring (bicyclic) bond motifs is 1. The molecule has 0 radical (unpaired) electrons. The van der Waals surface area contributed by atoms with E-state index in [0.29, 0.717) is 24.3 Å². The third kappa shape index (κ3) is 4.44. The molecule has 2 amide bonds. The molecule has 1 saturated heterocycles. The van der Waals surface area contributed by atoms with E-state index in [0.717, 1.165) is 37.6 Å². The Labute approximate surface area is 169 Å². The molecule has 3 heterocycles. The second-order valence-corrected chi connectivity index (χ2v) is 7.41. The summed E-state index contributed by atoms with van der Waals surface area (Å²) in [4.78, 5) is 37.6. The van der Waals surface area contributed by atoms with Crippen molar-refractivity contribution in [1.29, 1.82) is 0 Å². The average Bonchev–Trinajstić information content (AvgIpc) is 2.86. The molecule has 2 aliphatic heterocycles. The van der Waals surface area contributed by atoms with Gasteiger partial charge in [-0.3, -0.25) is 19.4 Å². The van der Waals surface area contributed by atoms with E-state index in [1.165, 1.54) is 4.90 Å². The summed E-state index contributed by atoms with van der Waals surface area (Å²) in [7, 11) is 0. The van der Waals surface area contributed by atoms with E-state index in [1.807, 2.05) is 19.1 Å². The van der Waals surface area contributed by atoms with Gasteiger partial charge in [-0.05, 0) is 43.7 Å². The maximum absolute atomic E-state index is 12.9. The van der Waals surface area contributed by atoms with Crippen LogP contribution in [0.15, 0.2) is 36.7 Å². The summed E-state index contributed by atoms with van der Waals surface area (Å²) in [6.45, 7) is 5.57. The van der Waals surface area contributed by atoms with Crippen molar-refractivity contribution in [3.63, 3.8) is 0 Å². The molecular formula is C21H25N5O3. The molecule has 152 valence electrons. The highest BCUT2D eigenvalue weighted by Crippen LogP contribution is 2.25. The van der Waals surface area contributed by atoms with Crippen molar-refractivity contribution in [2.45, 2.75) is 19.4 Å². The quantitative estimate of drug-likeness (QED) is 0.761. The molecule has 8 nitrogen and oxygen atoms in total. The van der Waals surface area contributed by atoms with Crippen molar-refractivity contribution in [2.75, 3.05) is 39.3 Å². The van der Waals surface area contributed by atoms with Gasteiger partial charge in [0.25, 0.3) is 11.8 Å². The molecule has 4 rings (SSSR count). The van der Waals surface area contributed by atoms with Crippen LogP contribution in [-0.2, 0) is 4.79 Å². The Bertz CT molecular complexity index is 889. The Morgan fingerprint density at radius 1 is 1.21 bits per heavy atom. The first-order valence-electron chi connectivity index (χ1n) is 9.92. The highest BCUT2D eigenvalue weighted by molar-refractivity contribution is 6.07. The lowest BCUT2D eigenvalue weighted by atomic mass is 10.1. The number of benzene rings is 1. The fourth-order valence-electron chi connectivity index (χ4n) is 3.76.